The highest BCUT2D eigenvalue weighted by Crippen LogP contribution is 2.44. The van der Waals surface area contributed by atoms with Crippen LogP contribution < -0.4 is 14.2 Å². The molecule has 0 saturated heterocycles. The number of imide groups is 1. The number of ether oxygens (including phenoxy) is 4. The maximum atomic E-state index is 12.6. The maximum absolute atomic E-state index is 12.6. The van der Waals surface area contributed by atoms with Crippen molar-refractivity contribution in [2.45, 2.75) is 6.42 Å². The molecular formula is C21H20BrNO7. The Hall–Kier alpha value is -3.07. The van der Waals surface area contributed by atoms with Crippen LogP contribution in [0.15, 0.2) is 34.8 Å². The number of benzene rings is 2. The summed E-state index contributed by atoms with van der Waals surface area (Å²) in [5.41, 5.74) is 0.979. The van der Waals surface area contributed by atoms with Gasteiger partial charge in [-0.2, -0.15) is 0 Å². The summed E-state index contributed by atoms with van der Waals surface area (Å²) in [6.45, 7) is 0.172. The highest BCUT2D eigenvalue weighted by atomic mass is 79.9. The predicted octanol–water partition coefficient (Wildman–Crippen LogP) is 3.32. The number of hydrogen-bond donors (Lipinski definition) is 0. The Bertz CT molecular complexity index is 970. The van der Waals surface area contributed by atoms with E-state index in [1.807, 2.05) is 0 Å². The second-order valence-corrected chi connectivity index (χ2v) is 7.10. The molecule has 2 amide bonds. The molecule has 8 nitrogen and oxygen atoms in total. The van der Waals surface area contributed by atoms with Crippen LogP contribution in [0.3, 0.4) is 0 Å². The van der Waals surface area contributed by atoms with Crippen molar-refractivity contribution in [1.82, 2.24) is 4.90 Å². The van der Waals surface area contributed by atoms with Gasteiger partial charge in [0.1, 0.15) is 0 Å². The van der Waals surface area contributed by atoms with Gasteiger partial charge >= 0.3 is 5.97 Å². The van der Waals surface area contributed by atoms with E-state index >= 15 is 0 Å². The number of carbonyl (C=O) groups excluding carboxylic acids is 3. The quantitative estimate of drug-likeness (QED) is 0.327. The van der Waals surface area contributed by atoms with E-state index in [-0.39, 0.29) is 30.5 Å². The SMILES string of the molecule is COc1cc(C(=O)OCCCN2C(=O)c3ccccc3C2=O)c(Br)c(OC)c1OC. The monoisotopic (exact) mass is 477 g/mol. The van der Waals surface area contributed by atoms with Crippen molar-refractivity contribution >= 4 is 33.7 Å². The largest absolute Gasteiger partial charge is 0.493 e. The van der Waals surface area contributed by atoms with Crippen molar-refractivity contribution in [2.24, 2.45) is 0 Å². The summed E-state index contributed by atoms with van der Waals surface area (Å²) in [6.07, 6.45) is 0.305. The summed E-state index contributed by atoms with van der Waals surface area (Å²) in [5, 5.41) is 0. The van der Waals surface area contributed by atoms with Gasteiger partial charge in [-0.1, -0.05) is 12.1 Å². The minimum absolute atomic E-state index is 0.0232. The summed E-state index contributed by atoms with van der Waals surface area (Å²) < 4.78 is 21.5. The smallest absolute Gasteiger partial charge is 0.339 e. The van der Waals surface area contributed by atoms with E-state index in [2.05, 4.69) is 15.9 Å². The molecular weight excluding hydrogens is 458 g/mol. The third-order valence-corrected chi connectivity index (χ3v) is 5.41. The van der Waals surface area contributed by atoms with Crippen LogP contribution in [-0.2, 0) is 4.74 Å². The average molecular weight is 478 g/mol. The highest BCUT2D eigenvalue weighted by Gasteiger charge is 2.34. The first-order valence-electron chi connectivity index (χ1n) is 9.05. The average Bonchev–Trinajstić information content (AvgIpc) is 3.00. The van der Waals surface area contributed by atoms with Crippen molar-refractivity contribution in [3.63, 3.8) is 0 Å². The molecule has 9 heteroatoms. The molecule has 0 bridgehead atoms. The number of hydrogen-bond acceptors (Lipinski definition) is 7. The molecule has 158 valence electrons. The lowest BCUT2D eigenvalue weighted by Crippen LogP contribution is -2.31. The van der Waals surface area contributed by atoms with Crippen molar-refractivity contribution in [3.05, 3.63) is 51.5 Å². The van der Waals surface area contributed by atoms with Crippen LogP contribution in [0.1, 0.15) is 37.5 Å². The maximum Gasteiger partial charge on any atom is 0.339 e. The van der Waals surface area contributed by atoms with E-state index in [0.717, 1.165) is 4.90 Å². The standard InChI is InChI=1S/C21H20BrNO7/c1-27-15-11-14(16(22)18(29-3)17(15)28-2)21(26)30-10-6-9-23-19(24)12-7-4-5-8-13(12)20(23)25/h4-5,7-8,11H,6,9-10H2,1-3H3. The van der Waals surface area contributed by atoms with Gasteiger partial charge in [-0.05, 0) is 40.5 Å². The van der Waals surface area contributed by atoms with E-state index in [1.165, 1.54) is 27.4 Å². The number of halogens is 1. The molecule has 1 heterocycles. The van der Waals surface area contributed by atoms with Gasteiger partial charge in [-0.25, -0.2) is 4.79 Å². The van der Waals surface area contributed by atoms with Crippen LogP contribution >= 0.6 is 15.9 Å². The lowest BCUT2D eigenvalue weighted by atomic mass is 10.1. The first-order chi connectivity index (χ1) is 14.4. The molecule has 30 heavy (non-hydrogen) atoms. The highest BCUT2D eigenvalue weighted by molar-refractivity contribution is 9.10. The van der Waals surface area contributed by atoms with Crippen LogP contribution in [0.4, 0.5) is 0 Å². The van der Waals surface area contributed by atoms with Gasteiger partial charge in [0.2, 0.25) is 5.75 Å². The predicted molar refractivity (Wildman–Crippen MR) is 111 cm³/mol. The number of amides is 2. The Labute approximate surface area is 181 Å². The molecule has 0 atom stereocenters. The van der Waals surface area contributed by atoms with E-state index in [1.54, 1.807) is 24.3 Å². The Morgan fingerprint density at radius 2 is 1.57 bits per heavy atom. The van der Waals surface area contributed by atoms with Crippen LogP contribution in [0.2, 0.25) is 0 Å². The molecule has 2 aromatic carbocycles. The van der Waals surface area contributed by atoms with Crippen molar-refractivity contribution < 1.29 is 33.3 Å². The van der Waals surface area contributed by atoms with Crippen LogP contribution in [-0.4, -0.2) is 57.2 Å². The van der Waals surface area contributed by atoms with E-state index in [4.69, 9.17) is 18.9 Å². The normalized spacial score (nSPS) is 12.6. The molecule has 0 fully saturated rings. The molecule has 0 N–H and O–H groups in total. The molecule has 0 aliphatic carbocycles. The lowest BCUT2D eigenvalue weighted by molar-refractivity contribution is 0.0480. The lowest BCUT2D eigenvalue weighted by Gasteiger charge is -2.16. The Morgan fingerprint density at radius 1 is 0.967 bits per heavy atom. The number of esters is 1. The molecule has 0 spiro atoms. The third-order valence-electron chi connectivity index (χ3n) is 4.63. The summed E-state index contributed by atoms with van der Waals surface area (Å²) in [4.78, 5) is 38.4. The topological polar surface area (TPSA) is 91.4 Å². The van der Waals surface area contributed by atoms with Crippen LogP contribution in [0.5, 0.6) is 17.2 Å². The van der Waals surface area contributed by atoms with Crippen molar-refractivity contribution in [2.75, 3.05) is 34.5 Å². The first kappa shape index (κ1) is 21.6. The number of nitrogens with zero attached hydrogens (tertiary/aromatic N) is 1. The molecule has 2 aromatic rings. The number of carbonyl (C=O) groups is 3. The second-order valence-electron chi connectivity index (χ2n) is 6.30. The Morgan fingerprint density at radius 3 is 2.10 bits per heavy atom. The number of rotatable bonds is 8. The minimum atomic E-state index is -0.608. The summed E-state index contributed by atoms with van der Waals surface area (Å²) in [7, 11) is 4.35. The summed E-state index contributed by atoms with van der Waals surface area (Å²) in [5.74, 6) is -0.327. The first-order valence-corrected chi connectivity index (χ1v) is 9.84. The number of fused-ring (bicyclic) bond motifs is 1. The van der Waals surface area contributed by atoms with Gasteiger partial charge in [-0.15, -0.1) is 0 Å². The van der Waals surface area contributed by atoms with Gasteiger partial charge < -0.3 is 18.9 Å². The minimum Gasteiger partial charge on any atom is -0.493 e. The molecule has 0 saturated carbocycles. The van der Waals surface area contributed by atoms with Crippen LogP contribution in [0, 0.1) is 0 Å². The van der Waals surface area contributed by atoms with Gasteiger partial charge in [0.25, 0.3) is 11.8 Å². The Kier molecular flexibility index (Phi) is 6.61. The van der Waals surface area contributed by atoms with E-state index < -0.39 is 5.97 Å². The molecule has 0 radical (unpaired) electrons. The zero-order valence-corrected chi connectivity index (χ0v) is 18.3. The molecule has 0 unspecified atom stereocenters. The summed E-state index contributed by atoms with van der Waals surface area (Å²) in [6, 6.07) is 8.15. The third kappa shape index (κ3) is 3.85. The van der Waals surface area contributed by atoms with Gasteiger partial charge in [-0.3, -0.25) is 14.5 Å². The van der Waals surface area contributed by atoms with Crippen molar-refractivity contribution in [1.29, 1.82) is 0 Å². The van der Waals surface area contributed by atoms with Gasteiger partial charge in [0.05, 0.1) is 49.1 Å². The summed E-state index contributed by atoms with van der Waals surface area (Å²) >= 11 is 3.33. The molecule has 1 aliphatic rings. The molecule has 0 aromatic heterocycles. The molecule has 3 rings (SSSR count). The van der Waals surface area contributed by atoms with E-state index in [0.29, 0.717) is 39.3 Å². The van der Waals surface area contributed by atoms with Gasteiger partial charge in [0, 0.05) is 6.54 Å². The fourth-order valence-corrected chi connectivity index (χ4v) is 3.80. The second kappa shape index (κ2) is 9.17. The van der Waals surface area contributed by atoms with Gasteiger partial charge in [0.15, 0.2) is 11.5 Å². The number of methoxy groups -OCH3 is 3. The van der Waals surface area contributed by atoms with Crippen molar-refractivity contribution in [3.8, 4) is 17.2 Å². The fourth-order valence-electron chi connectivity index (χ4n) is 3.18. The fraction of sp³-hybridized carbons (Fsp3) is 0.286. The molecule has 1 aliphatic heterocycles. The zero-order chi connectivity index (χ0) is 21.8. The van der Waals surface area contributed by atoms with Crippen LogP contribution in [0.25, 0.3) is 0 Å². The Balaban J connectivity index is 1.63. The van der Waals surface area contributed by atoms with E-state index in [9.17, 15) is 14.4 Å². The zero-order valence-electron chi connectivity index (χ0n) is 16.7.